The number of nitrogens with one attached hydrogen (secondary N) is 1. The van der Waals surface area contributed by atoms with E-state index in [4.69, 9.17) is 9.52 Å². The van der Waals surface area contributed by atoms with E-state index in [1.807, 2.05) is 31.3 Å². The second-order valence-electron chi connectivity index (χ2n) is 3.76. The molecule has 2 aromatic rings. The zero-order valence-electron chi connectivity index (χ0n) is 9.72. The summed E-state index contributed by atoms with van der Waals surface area (Å²) >= 11 is 1.57. The Morgan fingerprint density at radius 2 is 2.29 bits per heavy atom. The minimum atomic E-state index is 0.194. The minimum absolute atomic E-state index is 0.194. The number of aliphatic hydroxyl groups is 1. The molecule has 1 atom stereocenters. The third-order valence-corrected chi connectivity index (χ3v) is 3.56. The van der Waals surface area contributed by atoms with Crippen molar-refractivity contribution in [3.63, 3.8) is 0 Å². The fourth-order valence-corrected chi connectivity index (χ4v) is 2.54. The highest BCUT2D eigenvalue weighted by molar-refractivity contribution is 7.99. The van der Waals surface area contributed by atoms with Gasteiger partial charge in [-0.1, -0.05) is 23.9 Å². The second kappa shape index (κ2) is 6.05. The molecule has 0 aliphatic heterocycles. The highest BCUT2D eigenvalue weighted by Crippen LogP contribution is 2.23. The Balaban J connectivity index is 1.98. The van der Waals surface area contributed by atoms with Crippen LogP contribution < -0.4 is 5.32 Å². The number of hydrogen-bond acceptors (Lipinski definition) is 5. The summed E-state index contributed by atoms with van der Waals surface area (Å²) in [7, 11) is 1.90. The molecule has 0 aliphatic rings. The van der Waals surface area contributed by atoms with Crippen LogP contribution in [0.15, 0.2) is 33.9 Å². The van der Waals surface area contributed by atoms with Crippen molar-refractivity contribution in [2.45, 2.75) is 17.7 Å². The van der Waals surface area contributed by atoms with Crippen LogP contribution >= 0.6 is 11.8 Å². The van der Waals surface area contributed by atoms with E-state index < -0.39 is 0 Å². The summed E-state index contributed by atoms with van der Waals surface area (Å²) in [4.78, 5) is 4.39. The van der Waals surface area contributed by atoms with Gasteiger partial charge in [-0.25, -0.2) is 4.98 Å². The average Bonchev–Trinajstić information content (AvgIpc) is 2.77. The first-order chi connectivity index (χ1) is 8.33. The lowest BCUT2D eigenvalue weighted by Crippen LogP contribution is -2.28. The summed E-state index contributed by atoms with van der Waals surface area (Å²) in [5, 5.41) is 12.7. The van der Waals surface area contributed by atoms with Gasteiger partial charge in [0.15, 0.2) is 5.58 Å². The Kier molecular flexibility index (Phi) is 4.42. The largest absolute Gasteiger partial charge is 0.431 e. The van der Waals surface area contributed by atoms with Crippen LogP contribution in [0.25, 0.3) is 11.1 Å². The fraction of sp³-hybridized carbons (Fsp3) is 0.417. The molecule has 1 heterocycles. The van der Waals surface area contributed by atoms with Gasteiger partial charge in [0.1, 0.15) is 5.52 Å². The molecule has 1 unspecified atom stereocenters. The molecule has 0 bridgehead atoms. The number of aromatic nitrogens is 1. The maximum atomic E-state index is 8.89. The van der Waals surface area contributed by atoms with Gasteiger partial charge in [-0.3, -0.25) is 0 Å². The maximum Gasteiger partial charge on any atom is 0.256 e. The SMILES string of the molecule is CNC(CCO)CSc1nc2ccccc2o1. The van der Waals surface area contributed by atoms with Gasteiger partial charge in [0, 0.05) is 18.4 Å². The molecule has 92 valence electrons. The number of rotatable bonds is 6. The van der Waals surface area contributed by atoms with E-state index in [0.717, 1.165) is 23.3 Å². The lowest BCUT2D eigenvalue weighted by Gasteiger charge is -2.12. The van der Waals surface area contributed by atoms with Crippen LogP contribution in [0.3, 0.4) is 0 Å². The van der Waals surface area contributed by atoms with Gasteiger partial charge in [-0.2, -0.15) is 0 Å². The van der Waals surface area contributed by atoms with Gasteiger partial charge in [0.25, 0.3) is 5.22 Å². The minimum Gasteiger partial charge on any atom is -0.431 e. The predicted octanol–water partition coefficient (Wildman–Crippen LogP) is 1.89. The Morgan fingerprint density at radius 3 is 3.00 bits per heavy atom. The van der Waals surface area contributed by atoms with Crippen molar-refractivity contribution < 1.29 is 9.52 Å². The van der Waals surface area contributed by atoms with Gasteiger partial charge >= 0.3 is 0 Å². The van der Waals surface area contributed by atoms with E-state index in [-0.39, 0.29) is 12.6 Å². The van der Waals surface area contributed by atoms with E-state index in [2.05, 4.69) is 10.3 Å². The predicted molar refractivity (Wildman–Crippen MR) is 69.3 cm³/mol. The average molecular weight is 252 g/mol. The Bertz CT molecular complexity index is 439. The monoisotopic (exact) mass is 252 g/mol. The Hall–Kier alpha value is -1.04. The lowest BCUT2D eigenvalue weighted by molar-refractivity contribution is 0.273. The fourth-order valence-electron chi connectivity index (χ4n) is 1.55. The van der Waals surface area contributed by atoms with Crippen molar-refractivity contribution in [2.75, 3.05) is 19.4 Å². The molecule has 4 nitrogen and oxygen atoms in total. The molecule has 5 heteroatoms. The molecule has 1 aromatic carbocycles. The van der Waals surface area contributed by atoms with E-state index in [1.54, 1.807) is 11.8 Å². The highest BCUT2D eigenvalue weighted by atomic mass is 32.2. The maximum absolute atomic E-state index is 8.89. The van der Waals surface area contributed by atoms with Crippen LogP contribution in [0.2, 0.25) is 0 Å². The second-order valence-corrected chi connectivity index (χ2v) is 4.73. The summed E-state index contributed by atoms with van der Waals surface area (Å²) in [6, 6.07) is 8.01. The van der Waals surface area contributed by atoms with Crippen LogP contribution in [-0.2, 0) is 0 Å². The summed E-state index contributed by atoms with van der Waals surface area (Å²) < 4.78 is 5.60. The molecule has 0 saturated carbocycles. The normalized spacial score (nSPS) is 13.1. The van der Waals surface area contributed by atoms with Gasteiger partial charge in [-0.05, 0) is 25.6 Å². The first-order valence-electron chi connectivity index (χ1n) is 5.60. The van der Waals surface area contributed by atoms with Gasteiger partial charge in [0.05, 0.1) is 0 Å². The van der Waals surface area contributed by atoms with Crippen molar-refractivity contribution in [1.82, 2.24) is 10.3 Å². The lowest BCUT2D eigenvalue weighted by atomic mass is 10.2. The van der Waals surface area contributed by atoms with Crippen molar-refractivity contribution in [3.8, 4) is 0 Å². The first-order valence-corrected chi connectivity index (χ1v) is 6.58. The Labute approximate surface area is 104 Å². The molecular weight excluding hydrogens is 236 g/mol. The molecular formula is C12H16N2O2S. The van der Waals surface area contributed by atoms with Crippen LogP contribution in [-0.4, -0.2) is 35.5 Å². The number of para-hydroxylation sites is 2. The summed E-state index contributed by atoms with van der Waals surface area (Å²) in [5.74, 6) is 0.837. The van der Waals surface area contributed by atoms with E-state index in [9.17, 15) is 0 Å². The molecule has 2 N–H and O–H groups in total. The van der Waals surface area contributed by atoms with Crippen molar-refractivity contribution in [1.29, 1.82) is 0 Å². The van der Waals surface area contributed by atoms with E-state index >= 15 is 0 Å². The molecule has 17 heavy (non-hydrogen) atoms. The zero-order chi connectivity index (χ0) is 12.1. The van der Waals surface area contributed by atoms with Crippen LogP contribution in [0, 0.1) is 0 Å². The quantitative estimate of drug-likeness (QED) is 0.769. The van der Waals surface area contributed by atoms with Gasteiger partial charge < -0.3 is 14.8 Å². The number of benzene rings is 1. The molecule has 0 fully saturated rings. The van der Waals surface area contributed by atoms with Crippen molar-refractivity contribution in [2.24, 2.45) is 0 Å². The smallest absolute Gasteiger partial charge is 0.256 e. The molecule has 1 aromatic heterocycles. The van der Waals surface area contributed by atoms with Crippen LogP contribution in [0.5, 0.6) is 0 Å². The third-order valence-electron chi connectivity index (χ3n) is 2.57. The zero-order valence-corrected chi connectivity index (χ0v) is 10.5. The van der Waals surface area contributed by atoms with Crippen LogP contribution in [0.4, 0.5) is 0 Å². The number of nitrogens with zero attached hydrogens (tertiary/aromatic N) is 1. The number of oxazole rings is 1. The van der Waals surface area contributed by atoms with Crippen LogP contribution in [0.1, 0.15) is 6.42 Å². The molecule has 0 aliphatic carbocycles. The molecule has 0 radical (unpaired) electrons. The summed E-state index contributed by atoms with van der Waals surface area (Å²) in [5.41, 5.74) is 1.70. The first kappa shape index (κ1) is 12.4. The van der Waals surface area contributed by atoms with Gasteiger partial charge in [-0.15, -0.1) is 0 Å². The number of fused-ring (bicyclic) bond motifs is 1. The number of aliphatic hydroxyl groups excluding tert-OH is 1. The summed E-state index contributed by atoms with van der Waals surface area (Å²) in [6.07, 6.45) is 0.740. The number of thioether (sulfide) groups is 1. The van der Waals surface area contributed by atoms with Crippen molar-refractivity contribution in [3.05, 3.63) is 24.3 Å². The molecule has 0 spiro atoms. The molecule has 0 saturated heterocycles. The standard InChI is InChI=1S/C12H16N2O2S/c1-13-9(6-7-15)8-17-12-14-10-4-2-3-5-11(10)16-12/h2-5,9,13,15H,6-8H2,1H3. The molecule has 0 amide bonds. The molecule has 2 rings (SSSR count). The summed E-state index contributed by atoms with van der Waals surface area (Å²) in [6.45, 7) is 0.194. The van der Waals surface area contributed by atoms with Crippen molar-refractivity contribution >= 4 is 22.9 Å². The Morgan fingerprint density at radius 1 is 1.47 bits per heavy atom. The van der Waals surface area contributed by atoms with Gasteiger partial charge in [0.2, 0.25) is 0 Å². The highest BCUT2D eigenvalue weighted by Gasteiger charge is 2.10. The third kappa shape index (κ3) is 3.21. The topological polar surface area (TPSA) is 58.3 Å². The number of hydrogen-bond donors (Lipinski definition) is 2. The van der Waals surface area contributed by atoms with E-state index in [0.29, 0.717) is 5.22 Å². The van der Waals surface area contributed by atoms with E-state index in [1.165, 1.54) is 0 Å².